The fraction of sp³-hybridized carbons (Fsp3) is 0.417. The standard InChI is InChI=1S/C12H16Cl3N3O2.HI/c1-19-4-2-17-12(16)18-3-5-20-11-9(14)6-8(13)7-10(11)15;/h6-7H,2-5H2,1H3,(H3,16,17,18);1H. The third-order valence-electron chi connectivity index (χ3n) is 2.20. The molecule has 0 aliphatic rings. The molecule has 0 bridgehead atoms. The summed E-state index contributed by atoms with van der Waals surface area (Å²) in [5, 5.41) is 4.09. The lowest BCUT2D eigenvalue weighted by Crippen LogP contribution is -2.35. The molecular weight excluding hydrogens is 451 g/mol. The zero-order valence-electron chi connectivity index (χ0n) is 11.4. The Morgan fingerprint density at radius 2 is 1.86 bits per heavy atom. The van der Waals surface area contributed by atoms with Crippen molar-refractivity contribution in [3.8, 4) is 5.75 Å². The highest BCUT2D eigenvalue weighted by atomic mass is 127. The first-order valence-electron chi connectivity index (χ1n) is 5.84. The normalized spacial score (nSPS) is 11.0. The molecule has 1 aromatic rings. The predicted octanol–water partition coefficient (Wildman–Crippen LogP) is 3.19. The van der Waals surface area contributed by atoms with Crippen molar-refractivity contribution in [2.75, 3.05) is 33.4 Å². The van der Waals surface area contributed by atoms with Gasteiger partial charge in [-0.1, -0.05) is 34.8 Å². The van der Waals surface area contributed by atoms with Crippen LogP contribution < -0.4 is 15.8 Å². The van der Waals surface area contributed by atoms with E-state index in [0.717, 1.165) is 0 Å². The summed E-state index contributed by atoms with van der Waals surface area (Å²) in [7, 11) is 1.60. The molecule has 3 N–H and O–H groups in total. The Bertz CT molecular complexity index is 452. The van der Waals surface area contributed by atoms with Gasteiger partial charge in [0.15, 0.2) is 11.7 Å². The highest BCUT2D eigenvalue weighted by Crippen LogP contribution is 2.35. The number of nitrogens with one attached hydrogen (secondary N) is 1. The smallest absolute Gasteiger partial charge is 0.188 e. The van der Waals surface area contributed by atoms with Gasteiger partial charge in [0, 0.05) is 12.1 Å². The maximum atomic E-state index is 5.98. The van der Waals surface area contributed by atoms with Gasteiger partial charge in [0.05, 0.1) is 29.7 Å². The first-order chi connectivity index (χ1) is 9.54. The molecule has 0 aliphatic heterocycles. The van der Waals surface area contributed by atoms with Gasteiger partial charge in [0.2, 0.25) is 0 Å². The van der Waals surface area contributed by atoms with E-state index in [1.54, 1.807) is 19.2 Å². The van der Waals surface area contributed by atoms with E-state index in [-0.39, 0.29) is 24.0 Å². The van der Waals surface area contributed by atoms with Crippen molar-refractivity contribution >= 4 is 64.7 Å². The van der Waals surface area contributed by atoms with Gasteiger partial charge in [-0.2, -0.15) is 0 Å². The Kier molecular flexibility index (Phi) is 11.3. The molecule has 120 valence electrons. The topological polar surface area (TPSA) is 68.9 Å². The van der Waals surface area contributed by atoms with Crippen molar-refractivity contribution in [3.63, 3.8) is 0 Å². The number of rotatable bonds is 7. The van der Waals surface area contributed by atoms with Crippen LogP contribution in [0.3, 0.4) is 0 Å². The molecule has 9 heteroatoms. The fourth-order valence-electron chi connectivity index (χ4n) is 1.31. The summed E-state index contributed by atoms with van der Waals surface area (Å²) in [5.41, 5.74) is 5.63. The third kappa shape index (κ3) is 8.15. The number of hydrogen-bond donors (Lipinski definition) is 2. The number of benzene rings is 1. The molecule has 0 spiro atoms. The van der Waals surface area contributed by atoms with Gasteiger partial charge in [-0.15, -0.1) is 24.0 Å². The number of hydrogen-bond acceptors (Lipinski definition) is 3. The van der Waals surface area contributed by atoms with E-state index in [1.807, 2.05) is 0 Å². The molecule has 0 aromatic heterocycles. The second-order valence-corrected chi connectivity index (χ2v) is 4.98. The lowest BCUT2D eigenvalue weighted by Gasteiger charge is -2.11. The Labute approximate surface area is 156 Å². The zero-order valence-corrected chi connectivity index (χ0v) is 16.0. The lowest BCUT2D eigenvalue weighted by molar-refractivity contribution is 0.208. The number of ether oxygens (including phenoxy) is 2. The molecular formula is C12H17Cl3IN3O2. The van der Waals surface area contributed by atoms with Crippen LogP contribution in [-0.4, -0.2) is 39.4 Å². The molecule has 0 fully saturated rings. The van der Waals surface area contributed by atoms with Gasteiger partial charge < -0.3 is 20.5 Å². The van der Waals surface area contributed by atoms with E-state index in [4.69, 9.17) is 50.0 Å². The highest BCUT2D eigenvalue weighted by molar-refractivity contribution is 14.0. The van der Waals surface area contributed by atoms with Crippen molar-refractivity contribution < 1.29 is 9.47 Å². The van der Waals surface area contributed by atoms with Crippen LogP contribution in [-0.2, 0) is 4.74 Å². The van der Waals surface area contributed by atoms with E-state index in [9.17, 15) is 0 Å². The second kappa shape index (κ2) is 11.4. The Balaban J connectivity index is 0.00000400. The summed E-state index contributed by atoms with van der Waals surface area (Å²) in [6, 6.07) is 3.14. The minimum absolute atomic E-state index is 0. The van der Waals surface area contributed by atoms with E-state index in [0.29, 0.717) is 53.1 Å². The first kappa shape index (κ1) is 20.9. The van der Waals surface area contributed by atoms with Gasteiger partial charge in [-0.3, -0.25) is 4.99 Å². The second-order valence-electron chi connectivity index (χ2n) is 3.73. The van der Waals surface area contributed by atoms with E-state index in [1.165, 1.54) is 0 Å². The minimum atomic E-state index is 0. The van der Waals surface area contributed by atoms with Crippen LogP contribution in [0.2, 0.25) is 15.1 Å². The molecule has 1 aromatic carbocycles. The number of aliphatic imine (C=N–C) groups is 1. The first-order valence-corrected chi connectivity index (χ1v) is 6.98. The summed E-state index contributed by atoms with van der Waals surface area (Å²) in [4.78, 5) is 4.04. The SMILES string of the molecule is COCCN=C(N)NCCOc1c(Cl)cc(Cl)cc1Cl.I. The summed E-state index contributed by atoms with van der Waals surface area (Å²) in [5.74, 6) is 0.730. The number of nitrogens with zero attached hydrogens (tertiary/aromatic N) is 1. The predicted molar refractivity (Wildman–Crippen MR) is 98.8 cm³/mol. The van der Waals surface area contributed by atoms with Crippen molar-refractivity contribution in [1.29, 1.82) is 0 Å². The zero-order chi connectivity index (χ0) is 15.0. The average Bonchev–Trinajstić information content (AvgIpc) is 2.37. The molecule has 0 heterocycles. The molecule has 0 saturated heterocycles. The minimum Gasteiger partial charge on any atom is -0.489 e. The maximum absolute atomic E-state index is 5.98. The Hall–Kier alpha value is -0.150. The summed E-state index contributed by atoms with van der Waals surface area (Å²) in [6.07, 6.45) is 0. The molecule has 0 unspecified atom stereocenters. The maximum Gasteiger partial charge on any atom is 0.188 e. The van der Waals surface area contributed by atoms with Crippen LogP contribution in [0.15, 0.2) is 17.1 Å². The molecule has 0 aliphatic carbocycles. The largest absolute Gasteiger partial charge is 0.489 e. The monoisotopic (exact) mass is 467 g/mol. The summed E-state index contributed by atoms with van der Waals surface area (Å²) < 4.78 is 10.3. The number of halogens is 4. The fourth-order valence-corrected chi connectivity index (χ4v) is 2.24. The average molecular weight is 469 g/mol. The number of methoxy groups -OCH3 is 1. The van der Waals surface area contributed by atoms with Gasteiger partial charge in [0.25, 0.3) is 0 Å². The van der Waals surface area contributed by atoms with Crippen LogP contribution in [0, 0.1) is 0 Å². The molecule has 5 nitrogen and oxygen atoms in total. The molecule has 0 saturated carbocycles. The number of guanidine groups is 1. The van der Waals surface area contributed by atoms with Crippen LogP contribution in [0.25, 0.3) is 0 Å². The van der Waals surface area contributed by atoms with Gasteiger partial charge >= 0.3 is 0 Å². The van der Waals surface area contributed by atoms with Gasteiger partial charge in [-0.25, -0.2) is 0 Å². The Morgan fingerprint density at radius 1 is 1.24 bits per heavy atom. The van der Waals surface area contributed by atoms with Gasteiger partial charge in [-0.05, 0) is 12.1 Å². The quantitative estimate of drug-likeness (QED) is 0.279. The molecule has 21 heavy (non-hydrogen) atoms. The third-order valence-corrected chi connectivity index (χ3v) is 2.97. The van der Waals surface area contributed by atoms with E-state index in [2.05, 4.69) is 10.3 Å². The van der Waals surface area contributed by atoms with Gasteiger partial charge in [0.1, 0.15) is 6.61 Å². The van der Waals surface area contributed by atoms with Crippen LogP contribution in [0.5, 0.6) is 5.75 Å². The molecule has 0 radical (unpaired) electrons. The van der Waals surface area contributed by atoms with Crippen molar-refractivity contribution in [1.82, 2.24) is 5.32 Å². The summed E-state index contributed by atoms with van der Waals surface area (Å²) >= 11 is 17.8. The highest BCUT2D eigenvalue weighted by Gasteiger charge is 2.08. The Morgan fingerprint density at radius 3 is 2.43 bits per heavy atom. The lowest BCUT2D eigenvalue weighted by atomic mass is 10.3. The molecule has 1 rings (SSSR count). The van der Waals surface area contributed by atoms with Crippen molar-refractivity contribution in [3.05, 3.63) is 27.2 Å². The van der Waals surface area contributed by atoms with E-state index >= 15 is 0 Å². The summed E-state index contributed by atoms with van der Waals surface area (Å²) in [6.45, 7) is 1.83. The van der Waals surface area contributed by atoms with Crippen molar-refractivity contribution in [2.24, 2.45) is 10.7 Å². The van der Waals surface area contributed by atoms with E-state index < -0.39 is 0 Å². The van der Waals surface area contributed by atoms with Crippen LogP contribution in [0.1, 0.15) is 0 Å². The van der Waals surface area contributed by atoms with Crippen molar-refractivity contribution in [2.45, 2.75) is 0 Å². The molecule has 0 atom stereocenters. The number of nitrogens with two attached hydrogens (primary N) is 1. The van der Waals surface area contributed by atoms with Crippen LogP contribution >= 0.6 is 58.8 Å². The molecule has 0 amide bonds. The van der Waals surface area contributed by atoms with Crippen LogP contribution in [0.4, 0.5) is 0 Å².